The Morgan fingerprint density at radius 3 is 2.08 bits per heavy atom. The number of aromatic carboxylic acids is 1. The van der Waals surface area contributed by atoms with Gasteiger partial charge in [-0.25, -0.2) is 4.79 Å². The fraction of sp³-hybridized carbons (Fsp3) is 0.167. The molecule has 7 nitrogen and oxygen atoms in total. The topological polar surface area (TPSA) is 121 Å². The van der Waals surface area contributed by atoms with Crippen LogP contribution in [0.15, 0.2) is 48.5 Å². The molecule has 2 rings (SSSR count). The zero-order valence-corrected chi connectivity index (χ0v) is 13.1. The number of rotatable bonds is 8. The third kappa shape index (κ3) is 5.07. The third-order valence-corrected chi connectivity index (χ3v) is 3.54. The smallest absolute Gasteiger partial charge is 0.335 e. The molecule has 0 radical (unpaired) electrons. The Morgan fingerprint density at radius 1 is 0.880 bits per heavy atom. The van der Waals surface area contributed by atoms with Crippen LogP contribution in [0.4, 0.5) is 0 Å². The molecule has 0 saturated carbocycles. The van der Waals surface area contributed by atoms with E-state index in [1.165, 1.54) is 12.1 Å². The van der Waals surface area contributed by atoms with Gasteiger partial charge in [0, 0.05) is 0 Å². The number of hydrogen-bond acceptors (Lipinski definition) is 4. The summed E-state index contributed by atoms with van der Waals surface area (Å²) in [5.74, 6) is -4.77. The van der Waals surface area contributed by atoms with Crippen molar-refractivity contribution in [2.75, 3.05) is 0 Å². The minimum Gasteiger partial charge on any atom is -0.489 e. The summed E-state index contributed by atoms with van der Waals surface area (Å²) in [7, 11) is 0. The lowest BCUT2D eigenvalue weighted by Gasteiger charge is -2.10. The molecule has 0 spiro atoms. The van der Waals surface area contributed by atoms with Gasteiger partial charge in [0.05, 0.1) is 5.56 Å². The van der Waals surface area contributed by atoms with Gasteiger partial charge in [0.1, 0.15) is 12.4 Å². The van der Waals surface area contributed by atoms with E-state index in [-0.39, 0.29) is 18.6 Å². The Hall–Kier alpha value is -3.35. The van der Waals surface area contributed by atoms with Crippen LogP contribution in [0.3, 0.4) is 0 Å². The molecule has 0 unspecified atom stereocenters. The molecule has 7 heteroatoms. The van der Waals surface area contributed by atoms with Crippen molar-refractivity contribution >= 4 is 17.9 Å². The molecule has 2 aromatic carbocycles. The predicted molar refractivity (Wildman–Crippen MR) is 86.6 cm³/mol. The molecule has 25 heavy (non-hydrogen) atoms. The van der Waals surface area contributed by atoms with Gasteiger partial charge in [-0.1, -0.05) is 24.3 Å². The highest BCUT2D eigenvalue weighted by Gasteiger charge is 2.25. The van der Waals surface area contributed by atoms with Crippen LogP contribution in [-0.4, -0.2) is 33.2 Å². The number of ether oxygens (including phenoxy) is 1. The van der Waals surface area contributed by atoms with Crippen molar-refractivity contribution in [3.8, 4) is 5.75 Å². The summed E-state index contributed by atoms with van der Waals surface area (Å²) in [6, 6.07) is 12.8. The molecule has 0 bridgehead atoms. The summed E-state index contributed by atoms with van der Waals surface area (Å²) in [5.41, 5.74) is 1.43. The first-order valence-electron chi connectivity index (χ1n) is 7.36. The average Bonchev–Trinajstić information content (AvgIpc) is 2.58. The second-order valence-corrected chi connectivity index (χ2v) is 5.37. The Morgan fingerprint density at radius 2 is 1.52 bits per heavy atom. The normalized spacial score (nSPS) is 10.4. The number of aliphatic carboxylic acids is 2. The van der Waals surface area contributed by atoms with Gasteiger partial charge >= 0.3 is 17.9 Å². The fourth-order valence-electron chi connectivity index (χ4n) is 2.20. The molecule has 0 aliphatic heterocycles. The predicted octanol–water partition coefficient (Wildman–Crippen LogP) is 2.29. The second kappa shape index (κ2) is 7.96. The lowest BCUT2D eigenvalue weighted by atomic mass is 10.00. The number of benzene rings is 2. The van der Waals surface area contributed by atoms with Crippen molar-refractivity contribution in [2.45, 2.75) is 13.0 Å². The molecular weight excluding hydrogens is 328 g/mol. The maximum absolute atomic E-state index is 10.9. The molecule has 0 heterocycles. The van der Waals surface area contributed by atoms with E-state index < -0.39 is 23.8 Å². The summed E-state index contributed by atoms with van der Waals surface area (Å²) in [6.45, 7) is 0.174. The fourth-order valence-corrected chi connectivity index (χ4v) is 2.20. The highest BCUT2D eigenvalue weighted by molar-refractivity contribution is 5.93. The number of carbonyl (C=O) groups is 3. The van der Waals surface area contributed by atoms with Crippen molar-refractivity contribution in [1.29, 1.82) is 0 Å². The van der Waals surface area contributed by atoms with Crippen LogP contribution in [0.5, 0.6) is 5.75 Å². The Labute approximate surface area is 143 Å². The molecule has 2 aromatic rings. The van der Waals surface area contributed by atoms with Gasteiger partial charge in [0.2, 0.25) is 0 Å². The Kier molecular flexibility index (Phi) is 5.73. The van der Waals surface area contributed by atoms with Gasteiger partial charge in [-0.15, -0.1) is 0 Å². The summed E-state index contributed by atoms with van der Waals surface area (Å²) in [5, 5.41) is 26.7. The van der Waals surface area contributed by atoms with Gasteiger partial charge in [0.15, 0.2) is 5.92 Å². The number of carboxylic acids is 3. The molecule has 0 aliphatic carbocycles. The first-order valence-corrected chi connectivity index (χ1v) is 7.36. The molecule has 0 amide bonds. The van der Waals surface area contributed by atoms with E-state index >= 15 is 0 Å². The standard InChI is InChI=1S/C18H16O7/c19-16(20)13-3-1-2-12(8-13)10-25-14-6-4-11(5-7-14)9-15(17(21)22)18(23)24/h1-8,15H,9-10H2,(H,19,20)(H,21,22)(H,23,24). The molecular formula is C18H16O7. The lowest BCUT2D eigenvalue weighted by molar-refractivity contribution is -0.154. The van der Waals surface area contributed by atoms with Crippen molar-refractivity contribution in [1.82, 2.24) is 0 Å². The maximum atomic E-state index is 10.9. The summed E-state index contributed by atoms with van der Waals surface area (Å²) in [6.07, 6.45) is -0.119. The van der Waals surface area contributed by atoms with Crippen LogP contribution < -0.4 is 4.74 Å². The largest absolute Gasteiger partial charge is 0.489 e. The van der Waals surface area contributed by atoms with E-state index in [2.05, 4.69) is 0 Å². The van der Waals surface area contributed by atoms with E-state index in [0.717, 1.165) is 0 Å². The number of hydrogen-bond donors (Lipinski definition) is 3. The van der Waals surface area contributed by atoms with Crippen LogP contribution >= 0.6 is 0 Å². The van der Waals surface area contributed by atoms with E-state index in [1.54, 1.807) is 36.4 Å². The van der Waals surface area contributed by atoms with E-state index in [1.807, 2.05) is 0 Å². The molecule has 0 aromatic heterocycles. The Bertz CT molecular complexity index is 766. The van der Waals surface area contributed by atoms with Crippen LogP contribution in [0.2, 0.25) is 0 Å². The molecule has 0 fully saturated rings. The third-order valence-electron chi connectivity index (χ3n) is 3.54. The minimum absolute atomic E-state index is 0.119. The van der Waals surface area contributed by atoms with Crippen LogP contribution in [0.1, 0.15) is 21.5 Å². The van der Waals surface area contributed by atoms with Crippen molar-refractivity contribution < 1.29 is 34.4 Å². The Balaban J connectivity index is 1.98. The van der Waals surface area contributed by atoms with Crippen LogP contribution in [0.25, 0.3) is 0 Å². The summed E-state index contributed by atoms with van der Waals surface area (Å²) in [4.78, 5) is 32.7. The first-order chi connectivity index (χ1) is 11.9. The quantitative estimate of drug-likeness (QED) is 0.628. The van der Waals surface area contributed by atoms with Gasteiger partial charge in [-0.05, 0) is 41.8 Å². The van der Waals surface area contributed by atoms with Gasteiger partial charge in [0.25, 0.3) is 0 Å². The molecule has 0 saturated heterocycles. The van der Waals surface area contributed by atoms with Gasteiger partial charge in [-0.3, -0.25) is 9.59 Å². The van der Waals surface area contributed by atoms with E-state index in [9.17, 15) is 14.4 Å². The second-order valence-electron chi connectivity index (χ2n) is 5.37. The van der Waals surface area contributed by atoms with Crippen molar-refractivity contribution in [2.24, 2.45) is 5.92 Å². The SMILES string of the molecule is O=C(O)c1cccc(COc2ccc(CC(C(=O)O)C(=O)O)cc2)c1. The summed E-state index contributed by atoms with van der Waals surface area (Å²) < 4.78 is 5.56. The zero-order chi connectivity index (χ0) is 18.4. The highest BCUT2D eigenvalue weighted by Crippen LogP contribution is 2.17. The highest BCUT2D eigenvalue weighted by atomic mass is 16.5. The molecule has 0 atom stereocenters. The minimum atomic E-state index is -1.49. The molecule has 3 N–H and O–H groups in total. The monoisotopic (exact) mass is 344 g/mol. The average molecular weight is 344 g/mol. The maximum Gasteiger partial charge on any atom is 0.335 e. The lowest BCUT2D eigenvalue weighted by Crippen LogP contribution is -2.25. The van der Waals surface area contributed by atoms with Crippen molar-refractivity contribution in [3.63, 3.8) is 0 Å². The summed E-state index contributed by atoms with van der Waals surface area (Å²) >= 11 is 0. The molecule has 130 valence electrons. The van der Waals surface area contributed by atoms with E-state index in [4.69, 9.17) is 20.1 Å². The molecule has 0 aliphatic rings. The zero-order valence-electron chi connectivity index (χ0n) is 13.1. The van der Waals surface area contributed by atoms with Gasteiger partial charge < -0.3 is 20.1 Å². The van der Waals surface area contributed by atoms with Crippen LogP contribution in [0, 0.1) is 5.92 Å². The van der Waals surface area contributed by atoms with E-state index in [0.29, 0.717) is 16.9 Å². The van der Waals surface area contributed by atoms with Crippen LogP contribution in [-0.2, 0) is 22.6 Å². The van der Waals surface area contributed by atoms with Crippen molar-refractivity contribution in [3.05, 3.63) is 65.2 Å². The first kappa shape index (κ1) is 18.0. The number of carboxylic acid groups (broad SMARTS) is 3. The van der Waals surface area contributed by atoms with Gasteiger partial charge in [-0.2, -0.15) is 0 Å².